The zero-order valence-electron chi connectivity index (χ0n) is 18.1. The molecule has 2 aromatic rings. The molecular weight excluding hydrogens is 372 g/mol. The van der Waals surface area contributed by atoms with Crippen molar-refractivity contribution in [2.75, 3.05) is 21.3 Å². The van der Waals surface area contributed by atoms with Crippen LogP contribution in [-0.4, -0.2) is 34.8 Å². The van der Waals surface area contributed by atoms with Crippen molar-refractivity contribution in [2.24, 2.45) is 0 Å². The Labute approximate surface area is 169 Å². The summed E-state index contributed by atoms with van der Waals surface area (Å²) in [5.41, 5.74) is 1.38. The lowest BCUT2D eigenvalue weighted by Gasteiger charge is -2.36. The summed E-state index contributed by atoms with van der Waals surface area (Å²) in [7, 11) is 2.78. The first-order valence-electron chi connectivity index (χ1n) is 9.30. The zero-order chi connectivity index (χ0) is 21.1. The third-order valence-electron chi connectivity index (χ3n) is 5.36. The molecule has 2 aromatic carbocycles. The van der Waals surface area contributed by atoms with Gasteiger partial charge in [0.25, 0.3) is 8.32 Å². The molecule has 0 aliphatic rings. The van der Waals surface area contributed by atoms with E-state index in [0.29, 0.717) is 34.1 Å². The standard InChI is InChI=1S/C22H32O5Si/c1-22(2,3)28(7,8)27-19-10-9-15(13-20(19)26-6)21(23)16-11-17(24-4)14-18(12-16)25-5/h9-14,21,23H,1-8H3. The zero-order valence-corrected chi connectivity index (χ0v) is 19.1. The number of ether oxygens (including phenoxy) is 3. The van der Waals surface area contributed by atoms with Gasteiger partial charge < -0.3 is 23.7 Å². The summed E-state index contributed by atoms with van der Waals surface area (Å²) >= 11 is 0. The van der Waals surface area contributed by atoms with Crippen molar-refractivity contribution in [3.63, 3.8) is 0 Å². The van der Waals surface area contributed by atoms with Gasteiger partial charge in [-0.2, -0.15) is 0 Å². The van der Waals surface area contributed by atoms with Crippen LogP contribution in [0, 0.1) is 0 Å². The van der Waals surface area contributed by atoms with Crippen molar-refractivity contribution >= 4 is 8.32 Å². The maximum atomic E-state index is 10.9. The van der Waals surface area contributed by atoms with Crippen LogP contribution in [0.2, 0.25) is 18.1 Å². The van der Waals surface area contributed by atoms with Crippen LogP contribution in [0.3, 0.4) is 0 Å². The molecule has 0 spiro atoms. The molecule has 1 atom stereocenters. The second kappa shape index (κ2) is 8.45. The maximum Gasteiger partial charge on any atom is 0.250 e. The number of aliphatic hydroxyl groups is 1. The highest BCUT2D eigenvalue weighted by atomic mass is 28.4. The minimum Gasteiger partial charge on any atom is -0.541 e. The third kappa shape index (κ3) is 4.80. The van der Waals surface area contributed by atoms with Crippen LogP contribution in [0.5, 0.6) is 23.0 Å². The number of hydrogen-bond acceptors (Lipinski definition) is 5. The smallest absolute Gasteiger partial charge is 0.250 e. The van der Waals surface area contributed by atoms with Crippen LogP contribution in [0.4, 0.5) is 0 Å². The number of aliphatic hydroxyl groups excluding tert-OH is 1. The molecule has 0 heterocycles. The van der Waals surface area contributed by atoms with Crippen LogP contribution in [0.15, 0.2) is 36.4 Å². The predicted octanol–water partition coefficient (Wildman–Crippen LogP) is 5.18. The molecule has 5 nitrogen and oxygen atoms in total. The van der Waals surface area contributed by atoms with Gasteiger partial charge in [0.05, 0.1) is 21.3 Å². The summed E-state index contributed by atoms with van der Waals surface area (Å²) in [5, 5.41) is 11.0. The lowest BCUT2D eigenvalue weighted by molar-refractivity contribution is 0.218. The topological polar surface area (TPSA) is 57.2 Å². The molecule has 28 heavy (non-hydrogen) atoms. The maximum absolute atomic E-state index is 10.9. The Hall–Kier alpha value is -2.18. The highest BCUT2D eigenvalue weighted by molar-refractivity contribution is 6.74. The monoisotopic (exact) mass is 404 g/mol. The fourth-order valence-electron chi connectivity index (χ4n) is 2.55. The summed E-state index contributed by atoms with van der Waals surface area (Å²) < 4.78 is 22.6. The molecular formula is C22H32O5Si. The van der Waals surface area contributed by atoms with Gasteiger partial charge in [-0.1, -0.05) is 26.8 Å². The van der Waals surface area contributed by atoms with Crippen LogP contribution in [0.25, 0.3) is 0 Å². The van der Waals surface area contributed by atoms with Gasteiger partial charge in [-0.15, -0.1) is 0 Å². The minimum absolute atomic E-state index is 0.0767. The molecule has 0 aliphatic heterocycles. The first-order valence-corrected chi connectivity index (χ1v) is 12.2. The van der Waals surface area contributed by atoms with E-state index in [9.17, 15) is 5.11 Å². The van der Waals surface area contributed by atoms with Gasteiger partial charge in [0, 0.05) is 6.07 Å². The van der Waals surface area contributed by atoms with E-state index in [1.165, 1.54) is 0 Å². The van der Waals surface area contributed by atoms with Gasteiger partial charge in [0.2, 0.25) is 0 Å². The molecule has 6 heteroatoms. The Bertz CT molecular complexity index is 789. The molecule has 0 amide bonds. The van der Waals surface area contributed by atoms with Gasteiger partial charge >= 0.3 is 0 Å². The minimum atomic E-state index is -2.00. The fourth-order valence-corrected chi connectivity index (χ4v) is 3.57. The van der Waals surface area contributed by atoms with Crippen molar-refractivity contribution in [2.45, 2.75) is 45.0 Å². The molecule has 0 saturated carbocycles. The van der Waals surface area contributed by atoms with Crippen LogP contribution >= 0.6 is 0 Å². The lowest BCUT2D eigenvalue weighted by Crippen LogP contribution is -2.43. The molecule has 154 valence electrons. The van der Waals surface area contributed by atoms with E-state index in [-0.39, 0.29) is 5.04 Å². The summed E-state index contributed by atoms with van der Waals surface area (Å²) in [5.74, 6) is 2.56. The molecule has 0 saturated heterocycles. The number of methoxy groups -OCH3 is 3. The fraction of sp³-hybridized carbons (Fsp3) is 0.455. The highest BCUT2D eigenvalue weighted by Gasteiger charge is 2.39. The molecule has 0 radical (unpaired) electrons. The molecule has 0 fully saturated rings. The third-order valence-corrected chi connectivity index (χ3v) is 9.71. The molecule has 0 bridgehead atoms. The number of benzene rings is 2. The second-order valence-corrected chi connectivity index (χ2v) is 13.0. The Kier molecular flexibility index (Phi) is 6.67. The van der Waals surface area contributed by atoms with E-state index in [1.54, 1.807) is 39.5 Å². The van der Waals surface area contributed by atoms with Crippen molar-refractivity contribution < 1.29 is 23.7 Å². The average Bonchev–Trinajstić information content (AvgIpc) is 2.66. The summed E-state index contributed by atoms with van der Waals surface area (Å²) in [6, 6.07) is 10.9. The van der Waals surface area contributed by atoms with E-state index in [0.717, 1.165) is 0 Å². The Morgan fingerprint density at radius 1 is 0.786 bits per heavy atom. The van der Waals surface area contributed by atoms with Crippen molar-refractivity contribution in [3.05, 3.63) is 47.5 Å². The number of rotatable bonds is 7. The molecule has 0 aromatic heterocycles. The molecule has 2 rings (SSSR count). The van der Waals surface area contributed by atoms with Crippen molar-refractivity contribution in [1.29, 1.82) is 0 Å². The SMILES string of the molecule is COc1cc(OC)cc(C(O)c2ccc(O[Si](C)(C)C(C)(C)C)c(OC)c2)c1. The van der Waals surface area contributed by atoms with E-state index >= 15 is 0 Å². The van der Waals surface area contributed by atoms with Gasteiger partial charge in [-0.25, -0.2) is 0 Å². The second-order valence-electron chi connectivity index (χ2n) is 8.32. The van der Waals surface area contributed by atoms with E-state index in [1.807, 2.05) is 18.2 Å². The Morgan fingerprint density at radius 3 is 1.82 bits per heavy atom. The van der Waals surface area contributed by atoms with Crippen LogP contribution < -0.4 is 18.6 Å². The van der Waals surface area contributed by atoms with E-state index in [4.69, 9.17) is 18.6 Å². The van der Waals surface area contributed by atoms with Crippen molar-refractivity contribution in [1.82, 2.24) is 0 Å². The van der Waals surface area contributed by atoms with Gasteiger partial charge in [0.1, 0.15) is 23.4 Å². The lowest BCUT2D eigenvalue weighted by atomic mass is 10.0. The molecule has 1 unspecified atom stereocenters. The van der Waals surface area contributed by atoms with Gasteiger partial charge in [-0.3, -0.25) is 0 Å². The average molecular weight is 405 g/mol. The van der Waals surface area contributed by atoms with Crippen LogP contribution in [-0.2, 0) is 0 Å². The van der Waals surface area contributed by atoms with Gasteiger partial charge in [-0.05, 0) is 53.5 Å². The summed E-state index contributed by atoms with van der Waals surface area (Å²) in [4.78, 5) is 0. The quantitative estimate of drug-likeness (QED) is 0.645. The summed E-state index contributed by atoms with van der Waals surface area (Å²) in [6.07, 6.45) is -0.847. The van der Waals surface area contributed by atoms with Gasteiger partial charge in [0.15, 0.2) is 5.75 Å². The predicted molar refractivity (Wildman–Crippen MR) is 114 cm³/mol. The molecule has 1 N–H and O–H groups in total. The largest absolute Gasteiger partial charge is 0.541 e. The van der Waals surface area contributed by atoms with Crippen molar-refractivity contribution in [3.8, 4) is 23.0 Å². The van der Waals surface area contributed by atoms with E-state index in [2.05, 4.69) is 33.9 Å². The van der Waals surface area contributed by atoms with E-state index < -0.39 is 14.4 Å². The first kappa shape index (κ1) is 22.1. The van der Waals surface area contributed by atoms with Crippen LogP contribution in [0.1, 0.15) is 38.0 Å². The molecule has 0 aliphatic carbocycles. The summed E-state index contributed by atoms with van der Waals surface area (Å²) in [6.45, 7) is 11.0. The normalized spacial score (nSPS) is 13.0. The Morgan fingerprint density at radius 2 is 1.36 bits per heavy atom. The number of hydrogen-bond donors (Lipinski definition) is 1. The highest BCUT2D eigenvalue weighted by Crippen LogP contribution is 2.41. The first-order chi connectivity index (χ1) is 13.0. The Balaban J connectivity index is 2.38.